The number of aromatic nitrogens is 4. The largest absolute Gasteiger partial charge is 0.339 e. The average Bonchev–Trinajstić information content (AvgIpc) is 3.01. The number of hydrogen-bond donors (Lipinski definition) is 2. The van der Waals surface area contributed by atoms with Crippen LogP contribution in [0.25, 0.3) is 33.5 Å². The van der Waals surface area contributed by atoms with Crippen LogP contribution in [-0.4, -0.2) is 25.8 Å². The molecule has 4 rings (SSSR count). The third-order valence-corrected chi connectivity index (χ3v) is 3.86. The van der Waals surface area contributed by atoms with Crippen LogP contribution in [0.5, 0.6) is 0 Å². The molecular formula is C19H15N5O. The van der Waals surface area contributed by atoms with Crippen molar-refractivity contribution in [2.24, 2.45) is 0 Å². The summed E-state index contributed by atoms with van der Waals surface area (Å²) in [6, 6.07) is 15.6. The van der Waals surface area contributed by atoms with Gasteiger partial charge in [0.25, 0.3) is 0 Å². The minimum atomic E-state index is -0.155. The van der Waals surface area contributed by atoms with Crippen molar-refractivity contribution in [2.75, 3.05) is 5.32 Å². The first-order valence-electron chi connectivity index (χ1n) is 7.84. The van der Waals surface area contributed by atoms with Crippen LogP contribution in [0, 0.1) is 0 Å². The summed E-state index contributed by atoms with van der Waals surface area (Å²) in [7, 11) is 0. The smallest absolute Gasteiger partial charge is 0.222 e. The van der Waals surface area contributed by atoms with Crippen molar-refractivity contribution in [1.82, 2.24) is 19.9 Å². The number of rotatable bonds is 3. The molecule has 4 aromatic rings. The molecule has 6 heteroatoms. The van der Waals surface area contributed by atoms with Gasteiger partial charge in [-0.3, -0.25) is 4.79 Å². The number of amides is 1. The van der Waals surface area contributed by atoms with Gasteiger partial charge >= 0.3 is 0 Å². The van der Waals surface area contributed by atoms with Crippen LogP contribution in [0.1, 0.15) is 6.92 Å². The highest BCUT2D eigenvalue weighted by Crippen LogP contribution is 2.36. The number of fused-ring (bicyclic) bond motifs is 1. The molecule has 0 unspecified atom stereocenters. The summed E-state index contributed by atoms with van der Waals surface area (Å²) in [5, 5.41) is 3.65. The molecule has 25 heavy (non-hydrogen) atoms. The Bertz CT molecular complexity index is 1040. The molecule has 0 aliphatic carbocycles. The fraction of sp³-hybridized carbons (Fsp3) is 0.0526. The van der Waals surface area contributed by atoms with Crippen molar-refractivity contribution in [2.45, 2.75) is 6.92 Å². The first-order valence-corrected chi connectivity index (χ1v) is 7.84. The Labute approximate surface area is 144 Å². The minimum absolute atomic E-state index is 0.155. The van der Waals surface area contributed by atoms with Crippen LogP contribution < -0.4 is 5.32 Å². The predicted octanol–water partition coefficient (Wildman–Crippen LogP) is 3.65. The summed E-state index contributed by atoms with van der Waals surface area (Å²) in [6.07, 6.45) is 3.25. The van der Waals surface area contributed by atoms with E-state index in [0.717, 1.165) is 27.9 Å². The maximum atomic E-state index is 11.3. The Hall–Kier alpha value is -3.54. The molecule has 0 aliphatic rings. The van der Waals surface area contributed by atoms with Gasteiger partial charge in [0.2, 0.25) is 5.91 Å². The van der Waals surface area contributed by atoms with E-state index >= 15 is 0 Å². The van der Waals surface area contributed by atoms with Crippen LogP contribution >= 0.6 is 0 Å². The lowest BCUT2D eigenvalue weighted by molar-refractivity contribution is -0.114. The summed E-state index contributed by atoms with van der Waals surface area (Å²) in [5.41, 5.74) is 4.44. The maximum absolute atomic E-state index is 11.3. The van der Waals surface area contributed by atoms with E-state index in [1.54, 1.807) is 12.3 Å². The number of nitrogens with one attached hydrogen (secondary N) is 2. The molecule has 0 aliphatic heterocycles. The maximum Gasteiger partial charge on any atom is 0.222 e. The van der Waals surface area contributed by atoms with Crippen molar-refractivity contribution in [3.8, 4) is 22.5 Å². The SMILES string of the molecule is CC(=O)Nc1ccc2c(-c3ccncn3)c(-c3ccccc3)[nH]c2n1. The second kappa shape index (κ2) is 6.16. The first-order chi connectivity index (χ1) is 12.2. The Morgan fingerprint density at radius 2 is 1.92 bits per heavy atom. The molecule has 2 N–H and O–H groups in total. The molecule has 3 aromatic heterocycles. The number of benzene rings is 1. The number of carbonyl (C=O) groups is 1. The zero-order chi connectivity index (χ0) is 17.2. The summed E-state index contributed by atoms with van der Waals surface area (Å²) >= 11 is 0. The second-order valence-corrected chi connectivity index (χ2v) is 5.61. The van der Waals surface area contributed by atoms with Gasteiger partial charge in [-0.1, -0.05) is 30.3 Å². The normalized spacial score (nSPS) is 10.8. The van der Waals surface area contributed by atoms with Crippen LogP contribution in [-0.2, 0) is 4.79 Å². The molecular weight excluding hydrogens is 314 g/mol. The summed E-state index contributed by atoms with van der Waals surface area (Å²) in [6.45, 7) is 1.46. The fourth-order valence-electron chi connectivity index (χ4n) is 2.85. The molecule has 0 radical (unpaired) electrons. The predicted molar refractivity (Wildman–Crippen MR) is 96.9 cm³/mol. The van der Waals surface area contributed by atoms with E-state index in [9.17, 15) is 4.79 Å². The molecule has 0 spiro atoms. The molecule has 3 heterocycles. The molecule has 0 fully saturated rings. The number of nitrogens with zero attached hydrogens (tertiary/aromatic N) is 3. The highest BCUT2D eigenvalue weighted by Gasteiger charge is 2.17. The van der Waals surface area contributed by atoms with Gasteiger partial charge in [-0.05, 0) is 23.8 Å². The molecule has 0 saturated heterocycles. The highest BCUT2D eigenvalue weighted by molar-refractivity contribution is 6.02. The zero-order valence-electron chi connectivity index (χ0n) is 13.5. The fourth-order valence-corrected chi connectivity index (χ4v) is 2.85. The van der Waals surface area contributed by atoms with Crippen molar-refractivity contribution in [3.63, 3.8) is 0 Å². The summed E-state index contributed by atoms with van der Waals surface area (Å²) in [4.78, 5) is 27.6. The molecule has 1 aromatic carbocycles. The first kappa shape index (κ1) is 15.0. The van der Waals surface area contributed by atoms with Gasteiger partial charge < -0.3 is 10.3 Å². The molecule has 6 nitrogen and oxygen atoms in total. The third-order valence-electron chi connectivity index (χ3n) is 3.86. The lowest BCUT2D eigenvalue weighted by atomic mass is 10.0. The van der Waals surface area contributed by atoms with Gasteiger partial charge in [0.05, 0.1) is 11.4 Å². The number of H-pyrrole nitrogens is 1. The lowest BCUT2D eigenvalue weighted by Gasteiger charge is -2.04. The van der Waals surface area contributed by atoms with E-state index in [1.807, 2.05) is 42.5 Å². The van der Waals surface area contributed by atoms with E-state index in [0.29, 0.717) is 11.5 Å². The lowest BCUT2D eigenvalue weighted by Crippen LogP contribution is -2.07. The topological polar surface area (TPSA) is 83.6 Å². The average molecular weight is 329 g/mol. The number of pyridine rings is 1. The summed E-state index contributed by atoms with van der Waals surface area (Å²) in [5.74, 6) is 0.354. The van der Waals surface area contributed by atoms with Gasteiger partial charge in [0, 0.05) is 24.1 Å². The minimum Gasteiger partial charge on any atom is -0.339 e. The molecule has 122 valence electrons. The van der Waals surface area contributed by atoms with E-state index in [4.69, 9.17) is 0 Å². The summed E-state index contributed by atoms with van der Waals surface area (Å²) < 4.78 is 0. The standard InChI is InChI=1S/C19H15N5O/c1-12(25)22-16-8-7-14-17(15-9-10-20-11-21-15)18(24-19(14)23-16)13-5-3-2-4-6-13/h2-11H,1H3,(H2,22,23,24,25). The van der Waals surface area contributed by atoms with Crippen molar-refractivity contribution >= 4 is 22.8 Å². The monoisotopic (exact) mass is 329 g/mol. The van der Waals surface area contributed by atoms with Crippen LogP contribution in [0.3, 0.4) is 0 Å². The number of hydrogen-bond acceptors (Lipinski definition) is 4. The molecule has 0 saturated carbocycles. The number of aromatic amines is 1. The molecule has 0 atom stereocenters. The van der Waals surface area contributed by atoms with Gasteiger partial charge in [-0.15, -0.1) is 0 Å². The van der Waals surface area contributed by atoms with Crippen molar-refractivity contribution in [1.29, 1.82) is 0 Å². The van der Waals surface area contributed by atoms with E-state index in [-0.39, 0.29) is 5.91 Å². The van der Waals surface area contributed by atoms with E-state index in [1.165, 1.54) is 13.3 Å². The number of carbonyl (C=O) groups excluding carboxylic acids is 1. The Balaban J connectivity index is 1.97. The number of anilines is 1. The van der Waals surface area contributed by atoms with Crippen LogP contribution in [0.15, 0.2) is 61.1 Å². The van der Waals surface area contributed by atoms with Gasteiger partial charge in [-0.2, -0.15) is 0 Å². The molecule has 1 amide bonds. The van der Waals surface area contributed by atoms with Gasteiger partial charge in [0.1, 0.15) is 17.8 Å². The zero-order valence-corrected chi connectivity index (χ0v) is 13.5. The second-order valence-electron chi connectivity index (χ2n) is 5.61. The van der Waals surface area contributed by atoms with Crippen LogP contribution in [0.4, 0.5) is 5.82 Å². The Morgan fingerprint density at radius 1 is 1.08 bits per heavy atom. The van der Waals surface area contributed by atoms with Crippen molar-refractivity contribution < 1.29 is 4.79 Å². The van der Waals surface area contributed by atoms with E-state index < -0.39 is 0 Å². The highest BCUT2D eigenvalue weighted by atomic mass is 16.1. The Kier molecular flexibility index (Phi) is 3.70. The Morgan fingerprint density at radius 3 is 2.64 bits per heavy atom. The van der Waals surface area contributed by atoms with Gasteiger partial charge in [-0.25, -0.2) is 15.0 Å². The quantitative estimate of drug-likeness (QED) is 0.601. The van der Waals surface area contributed by atoms with Gasteiger partial charge in [0.15, 0.2) is 0 Å². The molecule has 0 bridgehead atoms. The third kappa shape index (κ3) is 2.85. The van der Waals surface area contributed by atoms with E-state index in [2.05, 4.69) is 25.3 Å². The van der Waals surface area contributed by atoms with Crippen molar-refractivity contribution in [3.05, 3.63) is 61.1 Å². The van der Waals surface area contributed by atoms with Crippen LogP contribution in [0.2, 0.25) is 0 Å².